The summed E-state index contributed by atoms with van der Waals surface area (Å²) >= 11 is 1.60. The Kier molecular flexibility index (Phi) is 16.9. The van der Waals surface area contributed by atoms with Gasteiger partial charge in [-0.25, -0.2) is 9.97 Å². The van der Waals surface area contributed by atoms with Crippen LogP contribution in [0.1, 0.15) is 94.7 Å². The molecule has 6 fully saturated rings. The molecule has 2 bridgehead atoms. The summed E-state index contributed by atoms with van der Waals surface area (Å²) in [6, 6.07) is 22.8. The van der Waals surface area contributed by atoms with E-state index in [4.69, 9.17) is 19.7 Å². The van der Waals surface area contributed by atoms with Crippen molar-refractivity contribution in [2.24, 2.45) is 11.8 Å². The molecule has 0 spiro atoms. The molecule has 83 heavy (non-hydrogen) atoms. The summed E-state index contributed by atoms with van der Waals surface area (Å²) in [5, 5.41) is 37.4. The zero-order valence-corrected chi connectivity index (χ0v) is 48.9. The van der Waals surface area contributed by atoms with Gasteiger partial charge in [0.25, 0.3) is 0 Å². The number of nitrogens with two attached hydrogens (primary N) is 1. The van der Waals surface area contributed by atoms with Gasteiger partial charge in [-0.2, -0.15) is 0 Å². The number of aryl methyl sites for hydroxylation is 1. The van der Waals surface area contributed by atoms with Gasteiger partial charge in [0.2, 0.25) is 17.7 Å². The molecule has 20 nitrogen and oxygen atoms in total. The van der Waals surface area contributed by atoms with Crippen LogP contribution in [0.2, 0.25) is 0 Å². The normalized spacial score (nSPS) is 24.1. The first kappa shape index (κ1) is 56.6. The number of pyridine rings is 1. The van der Waals surface area contributed by atoms with Gasteiger partial charge in [-0.3, -0.25) is 14.5 Å². The number of rotatable bonds is 19. The van der Waals surface area contributed by atoms with E-state index in [1.807, 2.05) is 87.9 Å². The van der Waals surface area contributed by atoms with Crippen LogP contribution in [-0.4, -0.2) is 177 Å². The monoisotopic (exact) mass is 1150 g/mol. The Labute approximate surface area is 489 Å². The molecule has 5 saturated heterocycles. The van der Waals surface area contributed by atoms with Gasteiger partial charge in [-0.15, -0.1) is 21.5 Å². The number of nitrogens with zero attached hydrogens (tertiary/aromatic N) is 11. The van der Waals surface area contributed by atoms with E-state index in [-0.39, 0.29) is 54.7 Å². The number of ether oxygens (including phenoxy) is 2. The number of fused-ring (bicyclic) bond motifs is 2. The van der Waals surface area contributed by atoms with E-state index >= 15 is 0 Å². The Balaban J connectivity index is 0.543. The number of aliphatic hydroxyl groups excluding tert-OH is 1. The second kappa shape index (κ2) is 24.7. The van der Waals surface area contributed by atoms with E-state index in [1.54, 1.807) is 23.5 Å². The molecule has 0 radical (unpaired) electrons. The zero-order valence-electron chi connectivity index (χ0n) is 48.1. The van der Waals surface area contributed by atoms with Crippen molar-refractivity contribution in [3.05, 3.63) is 102 Å². The number of phenols is 1. The smallest absolute Gasteiger partial charge is 0.243 e. The van der Waals surface area contributed by atoms with Gasteiger partial charge in [-0.05, 0) is 99.8 Å². The summed E-state index contributed by atoms with van der Waals surface area (Å²) in [6.07, 6.45) is 7.77. The number of aromatic nitrogens is 5. The molecule has 9 heterocycles. The molecule has 6 aromatic rings. The predicted molar refractivity (Wildman–Crippen MR) is 320 cm³/mol. The van der Waals surface area contributed by atoms with Crippen LogP contribution in [-0.2, 0) is 14.3 Å². The quantitative estimate of drug-likeness (QED) is 0.0632. The molecular weight excluding hydrogens is 1070 g/mol. The van der Waals surface area contributed by atoms with Gasteiger partial charge < -0.3 is 59.8 Å². The van der Waals surface area contributed by atoms with Crippen LogP contribution in [0.25, 0.3) is 21.7 Å². The highest BCUT2D eigenvalue weighted by Gasteiger charge is 2.45. The summed E-state index contributed by atoms with van der Waals surface area (Å²) in [4.78, 5) is 52.1. The second-order valence-electron chi connectivity index (χ2n) is 24.2. The standard InChI is InChI=1S/C62H79N13O7S/c1-38(2)58(62(79)74-36-47(76)28-53(74)61(78)66-39(3)42-9-11-43(12-10-42)59-40(4)65-37-83-59)55-32-56(69-82-55)72-23-21-71(22-24-72)33-41-16-19-70(20-17-41)25-26-80-48-29-49(30-48)81-57-27-44(15-18-64-57)75-45-13-14-46(75)35-73(34-45)52-31-51(67-68-60(52)63)50-7-5-6-8-54(50)77/h5-12,15,18,27,31-32,37-39,41,45-49,53,58,76-77H,13-14,16-17,19-26,28-30,33-36H2,1-4H3,(H2,63,68)(H,66,78)/t39-,45?,46?,47+,48-,49-,53-,58+/m0/s1. The summed E-state index contributed by atoms with van der Waals surface area (Å²) in [7, 11) is 0. The maximum Gasteiger partial charge on any atom is 0.243 e. The number of benzene rings is 2. The number of thiazole rings is 1. The fourth-order valence-corrected chi connectivity index (χ4v) is 14.3. The summed E-state index contributed by atoms with van der Waals surface area (Å²) in [6.45, 7) is 18.0. The number of carbonyl (C=O) groups excluding carboxylic acids is 2. The maximum atomic E-state index is 14.4. The first-order chi connectivity index (χ1) is 40.3. The highest BCUT2D eigenvalue weighted by Crippen LogP contribution is 2.41. The van der Waals surface area contributed by atoms with Gasteiger partial charge in [0, 0.05) is 120 Å². The van der Waals surface area contributed by atoms with Gasteiger partial charge in [-0.1, -0.05) is 55.4 Å². The lowest BCUT2D eigenvalue weighted by molar-refractivity contribution is -0.141. The Bertz CT molecular complexity index is 3180. The van der Waals surface area contributed by atoms with E-state index in [1.165, 1.54) is 17.7 Å². The van der Waals surface area contributed by atoms with E-state index in [2.05, 4.69) is 67.3 Å². The number of nitrogens with one attached hydrogen (secondary N) is 1. The average molecular weight is 1150 g/mol. The van der Waals surface area contributed by atoms with E-state index < -0.39 is 18.1 Å². The second-order valence-corrected chi connectivity index (χ2v) is 25.0. The third kappa shape index (κ3) is 12.5. The van der Waals surface area contributed by atoms with Crippen molar-refractivity contribution < 1.29 is 33.8 Å². The average Bonchev–Trinajstić information content (AvgIpc) is 4.48. The lowest BCUT2D eigenvalue weighted by atomic mass is 9.91. The number of likely N-dealkylation sites (tertiary alicyclic amines) is 2. The predicted octanol–water partition coefficient (Wildman–Crippen LogP) is 7.14. The Hall–Kier alpha value is -6.91. The fourth-order valence-electron chi connectivity index (χ4n) is 13.5. The van der Waals surface area contributed by atoms with Crippen molar-refractivity contribution in [3.63, 3.8) is 0 Å². The lowest BCUT2D eigenvalue weighted by Gasteiger charge is -2.43. The number of aromatic hydroxyl groups is 1. The number of piperidine rings is 1. The van der Waals surface area contributed by atoms with Crippen molar-refractivity contribution >= 4 is 46.2 Å². The van der Waals surface area contributed by atoms with Crippen LogP contribution in [0.15, 0.2) is 89.0 Å². The van der Waals surface area contributed by atoms with Crippen molar-refractivity contribution in [2.75, 3.05) is 99.0 Å². The Morgan fingerprint density at radius 3 is 2.33 bits per heavy atom. The number of amides is 2. The van der Waals surface area contributed by atoms with Crippen LogP contribution < -0.4 is 30.5 Å². The highest BCUT2D eigenvalue weighted by atomic mass is 32.1. The molecule has 5 N–H and O–H groups in total. The third-order valence-corrected chi connectivity index (χ3v) is 19.2. The topological polar surface area (TPSA) is 228 Å². The number of β-amino-alcohol motifs (C(OH)–C–C–N with tert-alkyl or cyclic N) is 1. The molecule has 21 heteroatoms. The number of aliphatic hydroxyl groups is 1. The SMILES string of the molecule is Cc1ncsc1-c1ccc([C@H](C)NC(=O)[C@@H]2C[C@@H](O)CN2C(=O)[C@@H](c2cc(N3CCN(CC4CCN(CCO[C@H]5C[C@H](Oc6cc(N7C8CCC7CN(c7cc(-c9ccccc9O)nnc7N)C8)ccn6)C5)CC4)CC3)no2)C(C)C)cc1. The number of nitrogen functional groups attached to an aromatic ring is 1. The number of anilines is 4. The molecule has 2 amide bonds. The fraction of sp³-hybridized carbons (Fsp3) is 0.532. The molecule has 12 rings (SSSR count). The van der Waals surface area contributed by atoms with Crippen molar-refractivity contribution in [1.29, 1.82) is 0 Å². The highest BCUT2D eigenvalue weighted by molar-refractivity contribution is 7.13. The van der Waals surface area contributed by atoms with Crippen LogP contribution >= 0.6 is 11.3 Å². The number of carbonyl (C=O) groups is 2. The van der Waals surface area contributed by atoms with Crippen LogP contribution in [0, 0.1) is 18.8 Å². The van der Waals surface area contributed by atoms with E-state index in [0.717, 1.165) is 137 Å². The molecule has 4 aromatic heterocycles. The molecule has 1 saturated carbocycles. The lowest BCUT2D eigenvalue weighted by Crippen LogP contribution is -2.54. The minimum absolute atomic E-state index is 0.0847. The molecule has 5 aliphatic heterocycles. The molecule has 2 unspecified atom stereocenters. The summed E-state index contributed by atoms with van der Waals surface area (Å²) in [5.41, 5.74) is 14.5. The number of phenolic OH excluding ortho intramolecular Hbond substituents is 1. The van der Waals surface area contributed by atoms with Gasteiger partial charge >= 0.3 is 0 Å². The minimum atomic E-state index is -0.802. The molecule has 1 aliphatic carbocycles. The molecule has 440 valence electrons. The van der Waals surface area contributed by atoms with Crippen molar-refractivity contribution in [1.82, 2.24) is 45.3 Å². The molecule has 6 atom stereocenters. The summed E-state index contributed by atoms with van der Waals surface area (Å²) < 4.78 is 18.7. The third-order valence-electron chi connectivity index (χ3n) is 18.2. The van der Waals surface area contributed by atoms with E-state index in [0.29, 0.717) is 46.7 Å². The molecule has 2 aromatic carbocycles. The van der Waals surface area contributed by atoms with Crippen molar-refractivity contribution in [3.8, 4) is 33.3 Å². The first-order valence-corrected chi connectivity index (χ1v) is 30.8. The minimum Gasteiger partial charge on any atom is -0.507 e. The zero-order chi connectivity index (χ0) is 57.3. The van der Waals surface area contributed by atoms with E-state index in [9.17, 15) is 19.8 Å². The number of para-hydroxylation sites is 1. The number of hydrogen-bond donors (Lipinski definition) is 4. The summed E-state index contributed by atoms with van der Waals surface area (Å²) in [5.74, 6) is 1.78. The van der Waals surface area contributed by atoms with Crippen molar-refractivity contribution in [2.45, 2.75) is 121 Å². The molecular formula is C62H79N13O7S. The van der Waals surface area contributed by atoms with Gasteiger partial charge in [0.1, 0.15) is 23.8 Å². The Morgan fingerprint density at radius 1 is 0.843 bits per heavy atom. The Morgan fingerprint density at radius 2 is 1.60 bits per heavy atom. The van der Waals surface area contributed by atoms with Gasteiger partial charge in [0.15, 0.2) is 17.4 Å². The maximum absolute atomic E-state index is 14.4. The largest absolute Gasteiger partial charge is 0.507 e. The number of piperazine rings is 2. The van der Waals surface area contributed by atoms with Crippen LogP contribution in [0.5, 0.6) is 11.6 Å². The van der Waals surface area contributed by atoms with Gasteiger partial charge in [0.05, 0.1) is 52.3 Å². The number of hydrogen-bond acceptors (Lipinski definition) is 19. The first-order valence-electron chi connectivity index (χ1n) is 29.9. The van der Waals surface area contributed by atoms with Crippen LogP contribution in [0.4, 0.5) is 23.0 Å². The molecule has 6 aliphatic rings. The van der Waals surface area contributed by atoms with Crippen LogP contribution in [0.3, 0.4) is 0 Å².